The highest BCUT2D eigenvalue weighted by Gasteiger charge is 2.40. The van der Waals surface area contributed by atoms with Crippen molar-refractivity contribution >= 4 is 23.6 Å². The Hall–Kier alpha value is -3.55. The minimum absolute atomic E-state index is 0.0994. The van der Waals surface area contributed by atoms with Crippen LogP contribution < -0.4 is 10.6 Å². The average molecular weight is 540 g/mol. The Kier molecular flexibility index (Phi) is 11.0. The molecule has 4 atom stereocenters. The topological polar surface area (TPSA) is 108 Å². The summed E-state index contributed by atoms with van der Waals surface area (Å²) in [6.07, 6.45) is 0.516. The largest absolute Gasteiger partial charge is 0.508 e. The van der Waals surface area contributed by atoms with Crippen LogP contribution in [0.3, 0.4) is 0 Å². The number of rotatable bonds is 10. The maximum Gasteiger partial charge on any atom is 0.408 e. The molecular weight excluding hydrogens is 494 g/mol. The molecule has 2 aromatic rings. The van der Waals surface area contributed by atoms with Gasteiger partial charge in [0.05, 0.1) is 0 Å². The molecule has 2 aromatic carbocycles. The molecule has 8 heteroatoms. The van der Waals surface area contributed by atoms with E-state index in [1.165, 1.54) is 6.07 Å². The molecule has 3 amide bonds. The number of aryl methyl sites for hydroxylation is 2. The molecule has 4 unspecified atom stereocenters. The van der Waals surface area contributed by atoms with E-state index in [-0.39, 0.29) is 29.5 Å². The van der Waals surface area contributed by atoms with Crippen LogP contribution in [0.15, 0.2) is 42.5 Å². The third-order valence-corrected chi connectivity index (χ3v) is 6.94. The second kappa shape index (κ2) is 13.5. The van der Waals surface area contributed by atoms with Crippen LogP contribution in [-0.4, -0.2) is 45.6 Å². The van der Waals surface area contributed by atoms with Crippen molar-refractivity contribution in [2.75, 3.05) is 5.32 Å². The second-order valence-corrected chi connectivity index (χ2v) is 11.3. The highest BCUT2D eigenvalue weighted by atomic mass is 16.6. The third kappa shape index (κ3) is 8.47. The summed E-state index contributed by atoms with van der Waals surface area (Å²) >= 11 is 0. The number of nitrogens with zero attached hydrogens (tertiary/aromatic N) is 1. The van der Waals surface area contributed by atoms with Crippen molar-refractivity contribution in [2.45, 2.75) is 98.9 Å². The summed E-state index contributed by atoms with van der Waals surface area (Å²) < 4.78 is 5.47. The van der Waals surface area contributed by atoms with Crippen molar-refractivity contribution in [1.29, 1.82) is 0 Å². The predicted octanol–water partition coefficient (Wildman–Crippen LogP) is 6.26. The van der Waals surface area contributed by atoms with Gasteiger partial charge in [0.2, 0.25) is 5.91 Å². The molecule has 8 nitrogen and oxygen atoms in total. The van der Waals surface area contributed by atoms with Crippen LogP contribution in [0.4, 0.5) is 10.5 Å². The molecule has 0 saturated heterocycles. The number of carbonyl (C=O) groups is 3. The molecule has 0 radical (unpaired) electrons. The quantitative estimate of drug-likeness (QED) is 0.330. The summed E-state index contributed by atoms with van der Waals surface area (Å²) in [5.41, 5.74) is 1.94. The van der Waals surface area contributed by atoms with E-state index >= 15 is 0 Å². The van der Waals surface area contributed by atoms with Gasteiger partial charge in [-0.25, -0.2) is 4.79 Å². The zero-order chi connectivity index (χ0) is 29.5. The second-order valence-electron chi connectivity index (χ2n) is 11.3. The lowest BCUT2D eigenvalue weighted by Gasteiger charge is -2.39. The number of anilines is 1. The number of ether oxygens (including phenoxy) is 1. The molecule has 39 heavy (non-hydrogen) atoms. The standard InChI is InChI=1S/C31H45N3O5/c1-10-19(3)26(33-30(38)39-31(7,8)9)29(37)34(22(6)11-2)27(23-16-17-25(35)21(5)18-23)28(36)32-24-15-13-12-14-20(24)4/h12-19,22,26-27,35H,10-11H2,1-9H3,(H,32,36)(H,33,38). The number of aromatic hydroxyl groups is 1. The fourth-order valence-electron chi connectivity index (χ4n) is 4.28. The Bertz CT molecular complexity index is 1160. The van der Waals surface area contributed by atoms with Gasteiger partial charge in [0.1, 0.15) is 23.4 Å². The van der Waals surface area contributed by atoms with Crippen molar-refractivity contribution in [2.24, 2.45) is 5.92 Å². The van der Waals surface area contributed by atoms with Gasteiger partial charge in [0.25, 0.3) is 5.91 Å². The summed E-state index contributed by atoms with van der Waals surface area (Å²) in [5, 5.41) is 16.0. The van der Waals surface area contributed by atoms with Gasteiger partial charge in [0.15, 0.2) is 0 Å². The summed E-state index contributed by atoms with van der Waals surface area (Å²) in [5.74, 6) is -0.885. The van der Waals surface area contributed by atoms with Crippen molar-refractivity contribution in [3.63, 3.8) is 0 Å². The summed E-state index contributed by atoms with van der Waals surface area (Å²) in [6, 6.07) is 10.1. The van der Waals surface area contributed by atoms with Gasteiger partial charge in [-0.05, 0) is 88.8 Å². The smallest absolute Gasteiger partial charge is 0.408 e. The molecule has 2 rings (SSSR count). The predicted molar refractivity (Wildman–Crippen MR) is 155 cm³/mol. The van der Waals surface area contributed by atoms with Crippen LogP contribution in [0.25, 0.3) is 0 Å². The van der Waals surface area contributed by atoms with Crippen LogP contribution in [0, 0.1) is 19.8 Å². The molecule has 3 N–H and O–H groups in total. The van der Waals surface area contributed by atoms with Crippen LogP contribution in [0.1, 0.15) is 84.0 Å². The molecule has 0 aliphatic heterocycles. The zero-order valence-corrected chi connectivity index (χ0v) is 24.8. The Morgan fingerprint density at radius 1 is 0.974 bits per heavy atom. The summed E-state index contributed by atoms with van der Waals surface area (Å²) in [4.78, 5) is 42.7. The molecule has 0 aliphatic rings. The van der Waals surface area contributed by atoms with Crippen molar-refractivity contribution in [1.82, 2.24) is 10.2 Å². The van der Waals surface area contributed by atoms with Gasteiger partial charge in [0, 0.05) is 11.7 Å². The molecule has 0 saturated carbocycles. The molecule has 0 bridgehead atoms. The van der Waals surface area contributed by atoms with Crippen molar-refractivity contribution in [3.8, 4) is 5.75 Å². The monoisotopic (exact) mass is 539 g/mol. The average Bonchev–Trinajstić information content (AvgIpc) is 2.86. The van der Waals surface area contributed by atoms with Crippen LogP contribution in [0.2, 0.25) is 0 Å². The number of phenolic OH excluding ortho intramolecular Hbond substituents is 1. The van der Waals surface area contributed by atoms with E-state index in [9.17, 15) is 19.5 Å². The Balaban J connectivity index is 2.63. The van der Waals surface area contributed by atoms with Crippen LogP contribution >= 0.6 is 0 Å². The van der Waals surface area contributed by atoms with E-state index in [4.69, 9.17) is 4.74 Å². The number of phenols is 1. The molecule has 0 spiro atoms. The lowest BCUT2D eigenvalue weighted by Crippen LogP contribution is -2.56. The number of alkyl carbamates (subject to hydrolysis) is 1. The molecule has 0 aliphatic carbocycles. The van der Waals surface area contributed by atoms with E-state index in [0.29, 0.717) is 29.7 Å². The maximum atomic E-state index is 14.4. The number of amides is 3. The normalized spacial score (nSPS) is 14.5. The van der Waals surface area contributed by atoms with Gasteiger partial charge in [-0.1, -0.05) is 51.5 Å². The number of para-hydroxylation sites is 1. The first-order valence-corrected chi connectivity index (χ1v) is 13.7. The van der Waals surface area contributed by atoms with Gasteiger partial charge >= 0.3 is 6.09 Å². The highest BCUT2D eigenvalue weighted by molar-refractivity contribution is 5.99. The number of benzene rings is 2. The Morgan fingerprint density at radius 3 is 2.15 bits per heavy atom. The summed E-state index contributed by atoms with van der Waals surface area (Å²) in [7, 11) is 0. The van der Waals surface area contributed by atoms with E-state index < -0.39 is 23.8 Å². The molecule has 214 valence electrons. The molecule has 0 heterocycles. The molecule has 0 aromatic heterocycles. The van der Waals surface area contributed by atoms with E-state index in [1.54, 1.807) is 44.7 Å². The number of carbonyl (C=O) groups excluding carboxylic acids is 3. The van der Waals surface area contributed by atoms with E-state index in [1.807, 2.05) is 58.9 Å². The minimum atomic E-state index is -1.02. The maximum absolute atomic E-state index is 14.4. The molecule has 0 fully saturated rings. The van der Waals surface area contributed by atoms with E-state index in [2.05, 4.69) is 10.6 Å². The molecular formula is C31H45N3O5. The number of nitrogens with one attached hydrogen (secondary N) is 2. The summed E-state index contributed by atoms with van der Waals surface area (Å²) in [6.45, 7) is 16.6. The Morgan fingerprint density at radius 2 is 1.62 bits per heavy atom. The number of hydrogen-bond donors (Lipinski definition) is 3. The zero-order valence-electron chi connectivity index (χ0n) is 24.8. The van der Waals surface area contributed by atoms with Gasteiger partial charge in [-0.15, -0.1) is 0 Å². The van der Waals surface area contributed by atoms with E-state index in [0.717, 1.165) is 5.56 Å². The van der Waals surface area contributed by atoms with Crippen LogP contribution in [-0.2, 0) is 14.3 Å². The van der Waals surface area contributed by atoms with Gasteiger partial charge in [-0.2, -0.15) is 0 Å². The third-order valence-electron chi connectivity index (χ3n) is 6.94. The Labute approximate surface area is 233 Å². The lowest BCUT2D eigenvalue weighted by atomic mass is 9.93. The van der Waals surface area contributed by atoms with Gasteiger partial charge < -0.3 is 25.4 Å². The number of hydrogen-bond acceptors (Lipinski definition) is 5. The first-order valence-electron chi connectivity index (χ1n) is 13.7. The SMILES string of the molecule is CCC(C)C(NC(=O)OC(C)(C)C)C(=O)N(C(C)CC)C(C(=O)Nc1ccccc1C)c1ccc(O)c(C)c1. The lowest BCUT2D eigenvalue weighted by molar-refractivity contribution is -0.144. The highest BCUT2D eigenvalue weighted by Crippen LogP contribution is 2.31. The fourth-order valence-corrected chi connectivity index (χ4v) is 4.28. The first-order chi connectivity index (χ1) is 18.2. The van der Waals surface area contributed by atoms with Crippen molar-refractivity contribution in [3.05, 3.63) is 59.2 Å². The first kappa shape index (κ1) is 31.7. The minimum Gasteiger partial charge on any atom is -0.508 e. The van der Waals surface area contributed by atoms with Crippen molar-refractivity contribution < 1.29 is 24.2 Å². The van der Waals surface area contributed by atoms with Gasteiger partial charge in [-0.3, -0.25) is 9.59 Å². The fraction of sp³-hybridized carbons (Fsp3) is 0.516. The van der Waals surface area contributed by atoms with Crippen LogP contribution in [0.5, 0.6) is 5.75 Å².